The lowest BCUT2D eigenvalue weighted by molar-refractivity contribution is 0.102. The highest BCUT2D eigenvalue weighted by Gasteiger charge is 2.10. The summed E-state index contributed by atoms with van der Waals surface area (Å²) in [5.41, 5.74) is 3.54. The van der Waals surface area contributed by atoms with E-state index in [0.717, 1.165) is 10.9 Å². The molecule has 0 fully saturated rings. The summed E-state index contributed by atoms with van der Waals surface area (Å²) in [6, 6.07) is 9.51. The van der Waals surface area contributed by atoms with Crippen molar-refractivity contribution in [1.82, 2.24) is 9.97 Å². The average Bonchev–Trinajstić information content (AvgIpc) is 2.93. The monoisotopic (exact) mass is 255 g/mol. The Morgan fingerprint density at radius 2 is 2.06 bits per heavy atom. The van der Waals surface area contributed by atoms with Crippen LogP contribution in [0.5, 0.6) is 0 Å². The average molecular weight is 255 g/mol. The van der Waals surface area contributed by atoms with Gasteiger partial charge in [-0.15, -0.1) is 11.3 Å². The second-order valence-electron chi connectivity index (χ2n) is 3.71. The standard InChI is InChI=1S/C13H9N3OS/c17-13(11-7-18-8-15-11)16-10-5-1-3-9-4-2-6-14-12(9)10/h1-8H,(H,16,17). The van der Waals surface area contributed by atoms with Crippen molar-refractivity contribution in [1.29, 1.82) is 0 Å². The van der Waals surface area contributed by atoms with Crippen LogP contribution in [0.15, 0.2) is 47.4 Å². The summed E-state index contributed by atoms with van der Waals surface area (Å²) in [6.07, 6.45) is 1.71. The molecular weight excluding hydrogens is 246 g/mol. The molecule has 1 N–H and O–H groups in total. The van der Waals surface area contributed by atoms with Gasteiger partial charge < -0.3 is 5.32 Å². The molecule has 0 radical (unpaired) electrons. The van der Waals surface area contributed by atoms with Crippen molar-refractivity contribution in [3.8, 4) is 0 Å². The number of carbonyl (C=O) groups excluding carboxylic acids is 1. The zero-order chi connectivity index (χ0) is 12.4. The van der Waals surface area contributed by atoms with Crippen LogP contribution in [0.1, 0.15) is 10.5 Å². The highest BCUT2D eigenvalue weighted by molar-refractivity contribution is 7.07. The number of nitrogens with one attached hydrogen (secondary N) is 1. The van der Waals surface area contributed by atoms with Gasteiger partial charge in [0.15, 0.2) is 0 Å². The third-order valence-corrected chi connectivity index (χ3v) is 3.13. The molecule has 1 amide bonds. The second kappa shape index (κ2) is 4.54. The number of pyridine rings is 1. The van der Waals surface area contributed by atoms with E-state index < -0.39 is 0 Å². The molecule has 0 bridgehead atoms. The lowest BCUT2D eigenvalue weighted by Gasteiger charge is -2.06. The van der Waals surface area contributed by atoms with Crippen molar-refractivity contribution in [2.24, 2.45) is 0 Å². The van der Waals surface area contributed by atoms with E-state index in [-0.39, 0.29) is 5.91 Å². The van der Waals surface area contributed by atoms with Gasteiger partial charge in [-0.3, -0.25) is 9.78 Å². The third kappa shape index (κ3) is 1.96. The molecule has 0 atom stereocenters. The Balaban J connectivity index is 1.98. The number of nitrogens with zero attached hydrogens (tertiary/aromatic N) is 2. The normalized spacial score (nSPS) is 10.4. The van der Waals surface area contributed by atoms with Gasteiger partial charge in [0, 0.05) is 17.0 Å². The summed E-state index contributed by atoms with van der Waals surface area (Å²) in [7, 11) is 0. The smallest absolute Gasteiger partial charge is 0.275 e. The topological polar surface area (TPSA) is 54.9 Å². The van der Waals surface area contributed by atoms with Crippen LogP contribution in [0.4, 0.5) is 5.69 Å². The van der Waals surface area contributed by atoms with Crippen molar-refractivity contribution in [2.45, 2.75) is 0 Å². The Labute approximate surface area is 107 Å². The molecule has 3 rings (SSSR count). The number of hydrogen-bond acceptors (Lipinski definition) is 4. The molecule has 1 aromatic carbocycles. The number of thiazole rings is 1. The van der Waals surface area contributed by atoms with Crippen LogP contribution in [0, 0.1) is 0 Å². The number of hydrogen-bond donors (Lipinski definition) is 1. The summed E-state index contributed by atoms with van der Waals surface area (Å²) in [5, 5.41) is 5.54. The fourth-order valence-electron chi connectivity index (χ4n) is 1.72. The van der Waals surface area contributed by atoms with Gasteiger partial charge in [0.25, 0.3) is 5.91 Å². The van der Waals surface area contributed by atoms with E-state index in [4.69, 9.17) is 0 Å². The zero-order valence-electron chi connectivity index (χ0n) is 9.33. The maximum atomic E-state index is 11.9. The Morgan fingerprint density at radius 1 is 1.17 bits per heavy atom. The summed E-state index contributed by atoms with van der Waals surface area (Å²) in [6.45, 7) is 0. The molecule has 0 saturated carbocycles. The van der Waals surface area contributed by atoms with E-state index in [1.165, 1.54) is 11.3 Å². The lowest BCUT2D eigenvalue weighted by Crippen LogP contribution is -2.12. The summed E-state index contributed by atoms with van der Waals surface area (Å²) in [5.74, 6) is -0.214. The molecule has 0 aliphatic carbocycles. The largest absolute Gasteiger partial charge is 0.319 e. The van der Waals surface area contributed by atoms with Gasteiger partial charge in [0.1, 0.15) is 5.69 Å². The predicted molar refractivity (Wildman–Crippen MR) is 71.8 cm³/mol. The van der Waals surface area contributed by atoms with Crippen molar-refractivity contribution in [3.05, 3.63) is 53.1 Å². The predicted octanol–water partition coefficient (Wildman–Crippen LogP) is 2.94. The minimum Gasteiger partial charge on any atom is -0.319 e. The first-order valence-corrected chi connectivity index (χ1v) is 6.32. The Hall–Kier alpha value is -2.27. The molecule has 2 aromatic heterocycles. The molecule has 4 nitrogen and oxygen atoms in total. The van der Waals surface area contributed by atoms with Crippen molar-refractivity contribution in [2.75, 3.05) is 5.32 Å². The number of para-hydroxylation sites is 1. The van der Waals surface area contributed by atoms with E-state index in [0.29, 0.717) is 11.4 Å². The van der Waals surface area contributed by atoms with Gasteiger partial charge in [0.2, 0.25) is 0 Å². The van der Waals surface area contributed by atoms with E-state index in [9.17, 15) is 4.79 Å². The molecule has 18 heavy (non-hydrogen) atoms. The number of rotatable bonds is 2. The summed E-state index contributed by atoms with van der Waals surface area (Å²) >= 11 is 1.39. The quantitative estimate of drug-likeness (QED) is 0.766. The Morgan fingerprint density at radius 3 is 2.89 bits per heavy atom. The molecule has 5 heteroatoms. The van der Waals surface area contributed by atoms with E-state index in [2.05, 4.69) is 15.3 Å². The van der Waals surface area contributed by atoms with Gasteiger partial charge in [-0.05, 0) is 12.1 Å². The lowest BCUT2D eigenvalue weighted by atomic mass is 10.2. The molecule has 2 heterocycles. The van der Waals surface area contributed by atoms with Gasteiger partial charge in [-0.2, -0.15) is 0 Å². The molecule has 0 unspecified atom stereocenters. The van der Waals surface area contributed by atoms with Gasteiger partial charge in [-0.1, -0.05) is 18.2 Å². The summed E-state index contributed by atoms with van der Waals surface area (Å²) < 4.78 is 0. The molecule has 0 spiro atoms. The highest BCUT2D eigenvalue weighted by atomic mass is 32.1. The van der Waals surface area contributed by atoms with Gasteiger partial charge >= 0.3 is 0 Å². The second-order valence-corrected chi connectivity index (χ2v) is 4.43. The summed E-state index contributed by atoms with van der Waals surface area (Å²) in [4.78, 5) is 20.2. The van der Waals surface area contributed by atoms with Crippen LogP contribution < -0.4 is 5.32 Å². The first kappa shape index (κ1) is 10.9. The molecule has 88 valence electrons. The highest BCUT2D eigenvalue weighted by Crippen LogP contribution is 2.21. The molecule has 0 saturated heterocycles. The van der Waals surface area contributed by atoms with Crippen LogP contribution in [0.3, 0.4) is 0 Å². The van der Waals surface area contributed by atoms with Gasteiger partial charge in [0.05, 0.1) is 16.7 Å². The number of benzene rings is 1. The minimum atomic E-state index is -0.214. The first-order chi connectivity index (χ1) is 8.84. The number of aromatic nitrogens is 2. The molecular formula is C13H9N3OS. The fraction of sp³-hybridized carbons (Fsp3) is 0. The van der Waals surface area contributed by atoms with Gasteiger partial charge in [-0.25, -0.2) is 4.98 Å². The van der Waals surface area contributed by atoms with Crippen molar-refractivity contribution in [3.63, 3.8) is 0 Å². The Bertz CT molecular complexity index is 689. The number of amides is 1. The SMILES string of the molecule is O=C(Nc1cccc2cccnc12)c1cscn1. The van der Waals surface area contributed by atoms with Crippen LogP contribution >= 0.6 is 11.3 Å². The van der Waals surface area contributed by atoms with E-state index >= 15 is 0 Å². The number of anilines is 1. The van der Waals surface area contributed by atoms with E-state index in [1.807, 2.05) is 30.3 Å². The molecule has 0 aliphatic heterocycles. The number of fused-ring (bicyclic) bond motifs is 1. The maximum absolute atomic E-state index is 11.9. The molecule has 0 aliphatic rings. The maximum Gasteiger partial charge on any atom is 0.275 e. The minimum absolute atomic E-state index is 0.214. The zero-order valence-corrected chi connectivity index (χ0v) is 10.1. The third-order valence-electron chi connectivity index (χ3n) is 2.55. The van der Waals surface area contributed by atoms with Crippen molar-refractivity contribution < 1.29 is 4.79 Å². The van der Waals surface area contributed by atoms with Crippen LogP contribution in [-0.4, -0.2) is 15.9 Å². The van der Waals surface area contributed by atoms with Crippen LogP contribution in [0.2, 0.25) is 0 Å². The Kier molecular flexibility index (Phi) is 2.74. The molecule has 3 aromatic rings. The fourth-order valence-corrected chi connectivity index (χ4v) is 2.25. The van der Waals surface area contributed by atoms with E-state index in [1.54, 1.807) is 17.1 Å². The number of carbonyl (C=O) groups is 1. The van der Waals surface area contributed by atoms with Crippen LogP contribution in [-0.2, 0) is 0 Å². The van der Waals surface area contributed by atoms with Crippen molar-refractivity contribution >= 4 is 33.8 Å². The van der Waals surface area contributed by atoms with Crippen LogP contribution in [0.25, 0.3) is 10.9 Å². The first-order valence-electron chi connectivity index (χ1n) is 5.38.